The number of nitrogens with one attached hydrogen (secondary N) is 2. The maximum atomic E-state index is 12.8. The summed E-state index contributed by atoms with van der Waals surface area (Å²) >= 11 is 0. The molecule has 0 bridgehead atoms. The fraction of sp³-hybridized carbons (Fsp3) is 0.345. The van der Waals surface area contributed by atoms with Crippen LogP contribution in [0.15, 0.2) is 48.5 Å². The normalized spacial score (nSPS) is 18.3. The average molecular weight is 515 g/mol. The Morgan fingerprint density at radius 1 is 1.11 bits per heavy atom. The molecule has 7 rings (SSSR count). The number of aromatic amines is 1. The molecule has 0 spiro atoms. The summed E-state index contributed by atoms with van der Waals surface area (Å²) in [4.78, 5) is 18.8. The van der Waals surface area contributed by atoms with Gasteiger partial charge in [-0.15, -0.1) is 0 Å². The largest absolute Gasteiger partial charge is 0.454 e. The molecule has 0 aliphatic carbocycles. The van der Waals surface area contributed by atoms with Gasteiger partial charge in [0.1, 0.15) is 0 Å². The summed E-state index contributed by atoms with van der Waals surface area (Å²) in [7, 11) is 0. The number of amides is 1. The minimum atomic E-state index is -0.434. The molecule has 4 aromatic rings. The van der Waals surface area contributed by atoms with E-state index >= 15 is 0 Å². The number of carbonyl (C=O) groups is 1. The van der Waals surface area contributed by atoms with Crippen LogP contribution in [0.25, 0.3) is 10.9 Å². The smallest absolute Gasteiger partial charge is 0.412 e. The third-order valence-electron chi connectivity index (χ3n) is 7.73. The van der Waals surface area contributed by atoms with Gasteiger partial charge in [-0.3, -0.25) is 4.90 Å². The van der Waals surface area contributed by atoms with Crippen molar-refractivity contribution < 1.29 is 23.7 Å². The van der Waals surface area contributed by atoms with Crippen molar-refractivity contribution in [3.63, 3.8) is 0 Å². The molecular formula is C29H30N4O5. The molecule has 2 aromatic carbocycles. The summed E-state index contributed by atoms with van der Waals surface area (Å²) in [5.74, 6) is 2.09. The van der Waals surface area contributed by atoms with Crippen molar-refractivity contribution in [1.82, 2.24) is 19.8 Å². The van der Waals surface area contributed by atoms with Crippen molar-refractivity contribution in [3.05, 3.63) is 76.7 Å². The van der Waals surface area contributed by atoms with E-state index in [1.807, 2.05) is 18.2 Å². The molecule has 9 heteroatoms. The Labute approximate surface area is 220 Å². The van der Waals surface area contributed by atoms with E-state index in [4.69, 9.17) is 18.9 Å². The lowest BCUT2D eigenvalue weighted by Crippen LogP contribution is -2.41. The van der Waals surface area contributed by atoms with Gasteiger partial charge in [-0.1, -0.05) is 24.3 Å². The van der Waals surface area contributed by atoms with E-state index in [1.165, 1.54) is 10.9 Å². The Morgan fingerprint density at radius 3 is 2.84 bits per heavy atom. The number of carbonyl (C=O) groups excluding carboxylic acids is 1. The Morgan fingerprint density at radius 2 is 1.95 bits per heavy atom. The van der Waals surface area contributed by atoms with Crippen molar-refractivity contribution in [2.45, 2.75) is 19.4 Å². The number of hydrogen-bond acceptors (Lipinski definition) is 6. The number of ether oxygens (including phenoxy) is 4. The summed E-state index contributed by atoms with van der Waals surface area (Å²) in [6.07, 6.45) is 0.223. The molecule has 1 amide bonds. The zero-order chi connectivity index (χ0) is 25.6. The molecule has 1 unspecified atom stereocenters. The summed E-state index contributed by atoms with van der Waals surface area (Å²) in [6.45, 7) is 6.83. The number of fused-ring (bicyclic) bond motifs is 5. The van der Waals surface area contributed by atoms with Gasteiger partial charge in [-0.2, -0.15) is 0 Å². The summed E-state index contributed by atoms with van der Waals surface area (Å²) in [5.41, 5.74) is 6.51. The Bertz CT molecular complexity index is 1520. The molecule has 0 saturated carbocycles. The second kappa shape index (κ2) is 9.41. The third kappa shape index (κ3) is 3.99. The maximum Gasteiger partial charge on any atom is 0.412 e. The van der Waals surface area contributed by atoms with Crippen LogP contribution >= 0.6 is 0 Å². The van der Waals surface area contributed by atoms with E-state index in [1.54, 1.807) is 0 Å². The number of H-pyrrole nitrogens is 1. The highest BCUT2D eigenvalue weighted by atomic mass is 16.7. The topological polar surface area (TPSA) is 90.0 Å². The van der Waals surface area contributed by atoms with Gasteiger partial charge in [0, 0.05) is 61.0 Å². The van der Waals surface area contributed by atoms with Crippen LogP contribution in [-0.2, 0) is 11.2 Å². The summed E-state index contributed by atoms with van der Waals surface area (Å²) in [5, 5.41) is 4.10. The second-order valence-corrected chi connectivity index (χ2v) is 9.99. The molecule has 5 heterocycles. The van der Waals surface area contributed by atoms with Gasteiger partial charge in [0.2, 0.25) is 6.79 Å². The standard InChI is InChI=1S/C29H30N4O5/c1-18-14-25(38-29(34)30-8-9-32-10-12-35-13-11-32)23-16-21-20-4-2-3-5-22(20)31-27(21)28(33(18)23)19-6-7-24-26(15-19)37-17-36-24/h2-7,14-15,28,31H,8-13,16-17H2,1H3,(H,30,34). The molecule has 3 aliphatic rings. The first-order valence-electron chi connectivity index (χ1n) is 13.1. The van der Waals surface area contributed by atoms with Crippen LogP contribution in [0.2, 0.25) is 0 Å². The highest BCUT2D eigenvalue weighted by Gasteiger charge is 2.34. The van der Waals surface area contributed by atoms with E-state index in [0.717, 1.165) is 72.5 Å². The van der Waals surface area contributed by atoms with Crippen molar-refractivity contribution in [2.24, 2.45) is 0 Å². The first-order valence-corrected chi connectivity index (χ1v) is 13.1. The molecular weight excluding hydrogens is 484 g/mol. The van der Waals surface area contributed by atoms with Crippen LogP contribution in [0, 0.1) is 6.92 Å². The molecule has 196 valence electrons. The molecule has 0 radical (unpaired) electrons. The van der Waals surface area contributed by atoms with Gasteiger partial charge in [-0.25, -0.2) is 4.79 Å². The number of hydrogen-bond donors (Lipinski definition) is 2. The van der Waals surface area contributed by atoms with Gasteiger partial charge in [0.25, 0.3) is 0 Å². The van der Waals surface area contributed by atoms with Crippen molar-refractivity contribution >= 4 is 17.0 Å². The number of benzene rings is 2. The molecule has 2 aromatic heterocycles. The summed E-state index contributed by atoms with van der Waals surface area (Å²) in [6, 6.07) is 16.3. The number of aromatic nitrogens is 2. The summed E-state index contributed by atoms with van der Waals surface area (Å²) < 4.78 is 24.8. The fourth-order valence-electron chi connectivity index (χ4n) is 5.91. The molecule has 9 nitrogen and oxygen atoms in total. The second-order valence-electron chi connectivity index (χ2n) is 9.99. The number of para-hydroxylation sites is 1. The van der Waals surface area contributed by atoms with Crippen LogP contribution in [0.1, 0.15) is 34.3 Å². The van der Waals surface area contributed by atoms with Crippen LogP contribution in [0.5, 0.6) is 17.2 Å². The van der Waals surface area contributed by atoms with E-state index in [-0.39, 0.29) is 12.8 Å². The quantitative estimate of drug-likeness (QED) is 0.369. The van der Waals surface area contributed by atoms with E-state index in [9.17, 15) is 4.79 Å². The van der Waals surface area contributed by atoms with E-state index in [0.29, 0.717) is 18.7 Å². The lowest BCUT2D eigenvalue weighted by atomic mass is 9.92. The highest BCUT2D eigenvalue weighted by Crippen LogP contribution is 2.45. The van der Waals surface area contributed by atoms with Crippen molar-refractivity contribution in [2.75, 3.05) is 46.2 Å². The molecule has 1 saturated heterocycles. The number of rotatable bonds is 5. The minimum absolute atomic E-state index is 0.127. The van der Waals surface area contributed by atoms with Crippen LogP contribution in [0.3, 0.4) is 0 Å². The van der Waals surface area contributed by atoms with Gasteiger partial charge in [-0.05, 0) is 36.2 Å². The monoisotopic (exact) mass is 514 g/mol. The van der Waals surface area contributed by atoms with Crippen molar-refractivity contribution in [3.8, 4) is 17.2 Å². The number of aryl methyl sites for hydroxylation is 1. The Balaban J connectivity index is 1.22. The number of morpholine rings is 1. The zero-order valence-corrected chi connectivity index (χ0v) is 21.3. The average Bonchev–Trinajstić information content (AvgIpc) is 3.63. The van der Waals surface area contributed by atoms with Crippen molar-refractivity contribution in [1.29, 1.82) is 0 Å². The lowest BCUT2D eigenvalue weighted by molar-refractivity contribution is 0.0385. The Kier molecular flexibility index (Phi) is 5.74. The number of nitrogens with zero attached hydrogens (tertiary/aromatic N) is 2. The third-order valence-corrected chi connectivity index (χ3v) is 7.73. The predicted octanol–water partition coefficient (Wildman–Crippen LogP) is 3.97. The lowest BCUT2D eigenvalue weighted by Gasteiger charge is -2.29. The molecule has 3 aliphatic heterocycles. The van der Waals surface area contributed by atoms with Crippen LogP contribution in [-0.4, -0.2) is 66.7 Å². The first kappa shape index (κ1) is 23.2. The maximum absolute atomic E-state index is 12.8. The minimum Gasteiger partial charge on any atom is -0.454 e. The van der Waals surface area contributed by atoms with Gasteiger partial charge >= 0.3 is 6.09 Å². The van der Waals surface area contributed by atoms with Crippen LogP contribution in [0.4, 0.5) is 4.79 Å². The Hall–Kier alpha value is -3.95. The van der Waals surface area contributed by atoms with Gasteiger partial charge in [0.05, 0.1) is 24.9 Å². The van der Waals surface area contributed by atoms with E-state index in [2.05, 4.69) is 57.0 Å². The van der Waals surface area contributed by atoms with E-state index < -0.39 is 6.09 Å². The van der Waals surface area contributed by atoms with Gasteiger partial charge in [0.15, 0.2) is 17.2 Å². The molecule has 2 N–H and O–H groups in total. The predicted molar refractivity (Wildman–Crippen MR) is 141 cm³/mol. The first-order chi connectivity index (χ1) is 18.7. The SMILES string of the molecule is Cc1cc(OC(=O)NCCN2CCOCC2)c2n1C(c1ccc3c(c1)OCO3)c1[nH]c3ccccc3c1C2. The van der Waals surface area contributed by atoms with Gasteiger partial charge < -0.3 is 33.8 Å². The molecule has 1 fully saturated rings. The zero-order valence-electron chi connectivity index (χ0n) is 21.3. The van der Waals surface area contributed by atoms with Crippen LogP contribution < -0.4 is 19.5 Å². The highest BCUT2D eigenvalue weighted by molar-refractivity contribution is 5.86. The molecule has 1 atom stereocenters. The molecule has 38 heavy (non-hydrogen) atoms. The fourth-order valence-corrected chi connectivity index (χ4v) is 5.91.